The number of rotatable bonds is 8. The molecule has 0 unspecified atom stereocenters. The fraction of sp³-hybridized carbons (Fsp3) is 0.348. The minimum absolute atomic E-state index is 0.0684. The topological polar surface area (TPSA) is 96.0 Å². The molecule has 7 nitrogen and oxygen atoms in total. The molecule has 0 saturated heterocycles. The van der Waals surface area contributed by atoms with Crippen molar-refractivity contribution in [1.82, 2.24) is 35.3 Å². The van der Waals surface area contributed by atoms with Crippen LogP contribution in [0.25, 0.3) is 34.4 Å². The van der Waals surface area contributed by atoms with Gasteiger partial charge >= 0.3 is 12.4 Å². The van der Waals surface area contributed by atoms with Crippen LogP contribution in [0.1, 0.15) is 49.6 Å². The molecule has 0 aliphatic heterocycles. The van der Waals surface area contributed by atoms with E-state index >= 15 is 0 Å². The monoisotopic (exact) mass is 509 g/mol. The smallest absolute Gasteiger partial charge is 0.274 e. The Morgan fingerprint density at radius 3 is 1.61 bits per heavy atom. The van der Waals surface area contributed by atoms with Crippen molar-refractivity contribution in [3.05, 3.63) is 53.3 Å². The lowest BCUT2D eigenvalue weighted by atomic mass is 10.0. The largest absolute Gasteiger partial charge is 0.435 e. The number of benzene rings is 1. The van der Waals surface area contributed by atoms with Crippen LogP contribution in [0.3, 0.4) is 0 Å². The summed E-state index contributed by atoms with van der Waals surface area (Å²) in [5, 5.41) is 10.9. The first kappa shape index (κ1) is 25.3. The summed E-state index contributed by atoms with van der Waals surface area (Å²) in [5.41, 5.74) is -1.10. The van der Waals surface area contributed by atoms with Gasteiger partial charge in [0, 0.05) is 5.56 Å². The van der Waals surface area contributed by atoms with Crippen LogP contribution in [-0.4, -0.2) is 35.3 Å². The SMILES string of the molecule is CCCCCCc1ccc(-c2nc(-c3cc(C(F)(F)F)n[nH]3)nc(-c3cc(C(F)(F)F)n[nH]3)n2)cc1. The quantitative estimate of drug-likeness (QED) is 0.209. The standard InChI is InChI=1S/C23H21F6N7/c1-2-3-4-5-6-13-7-9-14(10-8-13)19-30-20(15-11-17(35-33-15)22(24,25)26)32-21(31-19)16-12-18(36-34-16)23(27,28)29/h7-12H,2-6H2,1H3,(H,33,35)(H,34,36). The summed E-state index contributed by atoms with van der Waals surface area (Å²) in [7, 11) is 0. The van der Waals surface area contributed by atoms with Crippen LogP contribution in [-0.2, 0) is 18.8 Å². The van der Waals surface area contributed by atoms with Crippen molar-refractivity contribution in [2.24, 2.45) is 0 Å². The summed E-state index contributed by atoms with van der Waals surface area (Å²) in [4.78, 5) is 12.6. The van der Waals surface area contributed by atoms with E-state index in [9.17, 15) is 26.3 Å². The first-order valence-corrected chi connectivity index (χ1v) is 11.2. The zero-order valence-corrected chi connectivity index (χ0v) is 19.0. The van der Waals surface area contributed by atoms with Gasteiger partial charge in [-0.15, -0.1) is 0 Å². The van der Waals surface area contributed by atoms with Crippen molar-refractivity contribution in [2.45, 2.75) is 51.4 Å². The van der Waals surface area contributed by atoms with E-state index < -0.39 is 23.7 Å². The van der Waals surface area contributed by atoms with Gasteiger partial charge in [-0.05, 0) is 30.5 Å². The van der Waals surface area contributed by atoms with Crippen molar-refractivity contribution in [3.63, 3.8) is 0 Å². The molecule has 0 radical (unpaired) electrons. The van der Waals surface area contributed by atoms with Crippen molar-refractivity contribution >= 4 is 0 Å². The van der Waals surface area contributed by atoms with Gasteiger partial charge in [0.15, 0.2) is 28.9 Å². The van der Waals surface area contributed by atoms with Crippen molar-refractivity contribution < 1.29 is 26.3 Å². The molecule has 0 spiro atoms. The number of halogens is 6. The number of aromatic nitrogens is 7. The number of unbranched alkanes of at least 4 members (excludes halogenated alkanes) is 3. The van der Waals surface area contributed by atoms with Crippen LogP contribution in [0.5, 0.6) is 0 Å². The van der Waals surface area contributed by atoms with Crippen LogP contribution in [0.2, 0.25) is 0 Å². The molecule has 36 heavy (non-hydrogen) atoms. The van der Waals surface area contributed by atoms with Gasteiger partial charge in [0.1, 0.15) is 11.4 Å². The van der Waals surface area contributed by atoms with Crippen LogP contribution in [0, 0.1) is 0 Å². The van der Waals surface area contributed by atoms with Gasteiger partial charge in [-0.25, -0.2) is 15.0 Å². The highest BCUT2D eigenvalue weighted by molar-refractivity contribution is 5.64. The maximum absolute atomic E-state index is 13.0. The highest BCUT2D eigenvalue weighted by Crippen LogP contribution is 2.32. The normalized spacial score (nSPS) is 12.3. The molecule has 1 aromatic carbocycles. The van der Waals surface area contributed by atoms with Crippen LogP contribution < -0.4 is 0 Å². The van der Waals surface area contributed by atoms with E-state index in [4.69, 9.17) is 0 Å². The molecular weight excluding hydrogens is 488 g/mol. The molecule has 3 heterocycles. The van der Waals surface area contributed by atoms with E-state index in [0.717, 1.165) is 49.8 Å². The summed E-state index contributed by atoms with van der Waals surface area (Å²) in [6.07, 6.45) is -4.08. The number of alkyl halides is 6. The number of hydrogen-bond donors (Lipinski definition) is 2. The molecular formula is C23H21F6N7. The second-order valence-corrected chi connectivity index (χ2v) is 8.14. The lowest BCUT2D eigenvalue weighted by Crippen LogP contribution is -2.04. The molecule has 0 bridgehead atoms. The van der Waals surface area contributed by atoms with Crippen LogP contribution in [0.15, 0.2) is 36.4 Å². The molecule has 13 heteroatoms. The van der Waals surface area contributed by atoms with Gasteiger partial charge in [0.05, 0.1) is 0 Å². The number of H-pyrrole nitrogens is 2. The fourth-order valence-corrected chi connectivity index (χ4v) is 3.49. The van der Waals surface area contributed by atoms with Crippen LogP contribution in [0.4, 0.5) is 26.3 Å². The summed E-state index contributed by atoms with van der Waals surface area (Å²) >= 11 is 0. The number of nitrogens with zero attached hydrogens (tertiary/aromatic N) is 5. The lowest BCUT2D eigenvalue weighted by Gasteiger charge is -2.07. The molecule has 2 N–H and O–H groups in total. The van der Waals surface area contributed by atoms with Gasteiger partial charge in [-0.2, -0.15) is 36.5 Å². The molecule has 0 amide bonds. The predicted molar refractivity (Wildman–Crippen MR) is 118 cm³/mol. The molecule has 0 aliphatic carbocycles. The Morgan fingerprint density at radius 1 is 0.667 bits per heavy atom. The third-order valence-corrected chi connectivity index (χ3v) is 5.38. The molecule has 4 rings (SSSR count). The minimum atomic E-state index is -4.70. The average molecular weight is 509 g/mol. The predicted octanol–water partition coefficient (Wildman–Crippen LogP) is 6.48. The highest BCUT2D eigenvalue weighted by Gasteiger charge is 2.35. The minimum Gasteiger partial charge on any atom is -0.274 e. The third-order valence-electron chi connectivity index (χ3n) is 5.38. The third kappa shape index (κ3) is 5.89. The van der Waals surface area contributed by atoms with E-state index in [2.05, 4.69) is 42.3 Å². The molecule has 4 aromatic rings. The number of nitrogens with one attached hydrogen (secondary N) is 2. The van der Waals surface area contributed by atoms with E-state index in [1.165, 1.54) is 0 Å². The molecule has 0 fully saturated rings. The van der Waals surface area contributed by atoms with E-state index in [1.54, 1.807) is 12.1 Å². The molecule has 190 valence electrons. The van der Waals surface area contributed by atoms with E-state index in [1.807, 2.05) is 12.1 Å². The number of aromatic amines is 2. The Morgan fingerprint density at radius 2 is 1.17 bits per heavy atom. The van der Waals surface area contributed by atoms with Gasteiger partial charge in [0.25, 0.3) is 0 Å². The number of hydrogen-bond acceptors (Lipinski definition) is 5. The summed E-state index contributed by atoms with van der Waals surface area (Å²) in [5.74, 6) is -0.367. The summed E-state index contributed by atoms with van der Waals surface area (Å²) in [6, 6.07) is 8.72. The second kappa shape index (κ2) is 10.1. The Bertz CT molecular complexity index is 1240. The van der Waals surface area contributed by atoms with Crippen molar-refractivity contribution in [2.75, 3.05) is 0 Å². The fourth-order valence-electron chi connectivity index (χ4n) is 3.49. The summed E-state index contributed by atoms with van der Waals surface area (Å²) < 4.78 is 78.2. The summed E-state index contributed by atoms with van der Waals surface area (Å²) in [6.45, 7) is 2.13. The Labute approximate surface area is 201 Å². The Hall–Kier alpha value is -3.77. The second-order valence-electron chi connectivity index (χ2n) is 8.14. The average Bonchev–Trinajstić information content (AvgIpc) is 3.52. The van der Waals surface area contributed by atoms with Gasteiger partial charge in [-0.1, -0.05) is 50.5 Å². The van der Waals surface area contributed by atoms with Gasteiger partial charge in [0.2, 0.25) is 0 Å². The zero-order valence-electron chi connectivity index (χ0n) is 19.0. The molecule has 3 aromatic heterocycles. The molecule has 0 saturated carbocycles. The first-order valence-electron chi connectivity index (χ1n) is 11.2. The van der Waals surface area contributed by atoms with E-state index in [-0.39, 0.29) is 28.9 Å². The Kier molecular flexibility index (Phi) is 7.09. The number of aryl methyl sites for hydroxylation is 1. The van der Waals surface area contributed by atoms with Crippen molar-refractivity contribution in [3.8, 4) is 34.4 Å². The maximum atomic E-state index is 13.0. The van der Waals surface area contributed by atoms with Crippen molar-refractivity contribution in [1.29, 1.82) is 0 Å². The van der Waals surface area contributed by atoms with Gasteiger partial charge in [-0.3, -0.25) is 10.2 Å². The van der Waals surface area contributed by atoms with Gasteiger partial charge < -0.3 is 0 Å². The highest BCUT2D eigenvalue weighted by atomic mass is 19.4. The molecule has 0 aliphatic rings. The zero-order chi connectivity index (χ0) is 25.9. The van der Waals surface area contributed by atoms with E-state index in [0.29, 0.717) is 5.56 Å². The maximum Gasteiger partial charge on any atom is 0.435 e. The lowest BCUT2D eigenvalue weighted by molar-refractivity contribution is -0.142. The first-order chi connectivity index (χ1) is 17.0. The molecule has 0 atom stereocenters. The van der Waals surface area contributed by atoms with Crippen LogP contribution >= 0.6 is 0 Å². The Balaban J connectivity index is 1.72.